The minimum Gasteiger partial charge on any atom is -0.391 e. The third-order valence-corrected chi connectivity index (χ3v) is 4.93. The topological polar surface area (TPSA) is 52.6 Å². The maximum atomic E-state index is 12.8. The molecule has 2 aliphatic heterocycles. The van der Waals surface area contributed by atoms with Gasteiger partial charge < -0.3 is 15.3 Å². The van der Waals surface area contributed by atoms with E-state index in [1.165, 1.54) is 0 Å². The summed E-state index contributed by atoms with van der Waals surface area (Å²) in [4.78, 5) is 14.7. The van der Waals surface area contributed by atoms with Gasteiger partial charge in [0.2, 0.25) is 5.91 Å². The van der Waals surface area contributed by atoms with Gasteiger partial charge in [-0.2, -0.15) is 0 Å². The molecule has 3 atom stereocenters. The van der Waals surface area contributed by atoms with Crippen LogP contribution in [0.25, 0.3) is 0 Å². The van der Waals surface area contributed by atoms with Crippen molar-refractivity contribution in [3.63, 3.8) is 0 Å². The van der Waals surface area contributed by atoms with E-state index in [1.54, 1.807) is 0 Å². The summed E-state index contributed by atoms with van der Waals surface area (Å²) in [5.41, 5.74) is -0.250. The van der Waals surface area contributed by atoms with E-state index in [0.717, 1.165) is 32.5 Å². The summed E-state index contributed by atoms with van der Waals surface area (Å²) in [6.07, 6.45) is 1.47. The fourth-order valence-corrected chi connectivity index (χ4v) is 3.18. The number of aliphatic hydroxyl groups is 1. The van der Waals surface area contributed by atoms with E-state index >= 15 is 0 Å². The van der Waals surface area contributed by atoms with Crippen molar-refractivity contribution in [2.45, 2.75) is 39.7 Å². The highest BCUT2D eigenvalue weighted by Crippen LogP contribution is 2.37. The average Bonchev–Trinajstić information content (AvgIpc) is 2.82. The van der Waals surface area contributed by atoms with Crippen LogP contribution in [-0.4, -0.2) is 48.2 Å². The van der Waals surface area contributed by atoms with E-state index in [9.17, 15) is 9.90 Å². The predicted octanol–water partition coefficient (Wildman–Crippen LogP) is 0.851. The van der Waals surface area contributed by atoms with E-state index in [0.29, 0.717) is 18.4 Å². The second kappa shape index (κ2) is 5.17. The Hall–Kier alpha value is -0.610. The number of nitrogens with one attached hydrogen (secondary N) is 1. The summed E-state index contributed by atoms with van der Waals surface area (Å²) < 4.78 is 0. The lowest BCUT2D eigenvalue weighted by Gasteiger charge is -2.41. The van der Waals surface area contributed by atoms with Crippen molar-refractivity contribution in [3.8, 4) is 0 Å². The molecule has 104 valence electrons. The van der Waals surface area contributed by atoms with Crippen LogP contribution in [0.4, 0.5) is 0 Å². The maximum Gasteiger partial charge on any atom is 0.230 e. The molecular formula is C14H26N2O2. The standard InChI is InChI=1S/C14H26N2O2/c1-10(2)14(5-6-15-9-14)13(18)16-7-4-11(3)12(17)8-16/h10-12,15,17H,4-9H2,1-3H3. The zero-order valence-corrected chi connectivity index (χ0v) is 11.8. The number of carbonyl (C=O) groups is 1. The van der Waals surface area contributed by atoms with Gasteiger partial charge >= 0.3 is 0 Å². The molecule has 2 N–H and O–H groups in total. The summed E-state index contributed by atoms with van der Waals surface area (Å²) in [6, 6.07) is 0. The highest BCUT2D eigenvalue weighted by Gasteiger charge is 2.46. The Balaban J connectivity index is 2.10. The molecule has 4 nitrogen and oxygen atoms in total. The van der Waals surface area contributed by atoms with Crippen LogP contribution in [0.2, 0.25) is 0 Å². The van der Waals surface area contributed by atoms with E-state index in [-0.39, 0.29) is 17.4 Å². The number of β-amino-alcohol motifs (C(OH)–C–C–N with tert-alkyl or cyclic N) is 1. The monoisotopic (exact) mass is 254 g/mol. The molecule has 2 fully saturated rings. The molecule has 2 saturated heterocycles. The number of piperidine rings is 1. The summed E-state index contributed by atoms with van der Waals surface area (Å²) in [6.45, 7) is 9.34. The molecular weight excluding hydrogens is 228 g/mol. The Morgan fingerprint density at radius 1 is 1.50 bits per heavy atom. The molecule has 0 aromatic carbocycles. The Bertz CT molecular complexity index is 311. The third-order valence-electron chi connectivity index (χ3n) is 4.93. The van der Waals surface area contributed by atoms with Gasteiger partial charge in [0.25, 0.3) is 0 Å². The quantitative estimate of drug-likeness (QED) is 0.768. The zero-order chi connectivity index (χ0) is 13.3. The number of amides is 1. The van der Waals surface area contributed by atoms with Gasteiger partial charge in [-0.15, -0.1) is 0 Å². The molecule has 0 bridgehead atoms. The minimum absolute atomic E-state index is 0.244. The molecule has 1 amide bonds. The Kier molecular flexibility index (Phi) is 3.97. The fourth-order valence-electron chi connectivity index (χ4n) is 3.18. The molecule has 0 spiro atoms. The molecule has 0 aromatic heterocycles. The number of rotatable bonds is 2. The second-order valence-electron chi connectivity index (χ2n) is 6.32. The molecule has 4 heteroatoms. The second-order valence-corrected chi connectivity index (χ2v) is 6.32. The molecule has 0 saturated carbocycles. The van der Waals surface area contributed by atoms with Gasteiger partial charge in [-0.25, -0.2) is 0 Å². The van der Waals surface area contributed by atoms with Gasteiger partial charge in [0, 0.05) is 19.6 Å². The van der Waals surface area contributed by atoms with Crippen molar-refractivity contribution in [2.24, 2.45) is 17.3 Å². The van der Waals surface area contributed by atoms with Crippen molar-refractivity contribution in [3.05, 3.63) is 0 Å². The first-order chi connectivity index (χ1) is 8.47. The maximum absolute atomic E-state index is 12.8. The van der Waals surface area contributed by atoms with Crippen LogP contribution < -0.4 is 5.32 Å². The smallest absolute Gasteiger partial charge is 0.230 e. The van der Waals surface area contributed by atoms with Crippen molar-refractivity contribution in [1.82, 2.24) is 10.2 Å². The zero-order valence-electron chi connectivity index (χ0n) is 11.8. The molecule has 2 heterocycles. The number of hydrogen-bond donors (Lipinski definition) is 2. The lowest BCUT2D eigenvalue weighted by molar-refractivity contribution is -0.148. The highest BCUT2D eigenvalue weighted by molar-refractivity contribution is 5.84. The van der Waals surface area contributed by atoms with Gasteiger partial charge in [0.05, 0.1) is 11.5 Å². The number of aliphatic hydroxyl groups excluding tert-OH is 1. The number of likely N-dealkylation sites (tertiary alicyclic amines) is 1. The first-order valence-electron chi connectivity index (χ1n) is 7.15. The lowest BCUT2D eigenvalue weighted by Crippen LogP contribution is -2.53. The van der Waals surface area contributed by atoms with Crippen LogP contribution >= 0.6 is 0 Å². The summed E-state index contributed by atoms with van der Waals surface area (Å²) >= 11 is 0. The van der Waals surface area contributed by atoms with Gasteiger partial charge in [-0.1, -0.05) is 20.8 Å². The van der Waals surface area contributed by atoms with Crippen LogP contribution in [0.15, 0.2) is 0 Å². The van der Waals surface area contributed by atoms with Crippen LogP contribution in [0.5, 0.6) is 0 Å². The lowest BCUT2D eigenvalue weighted by atomic mass is 9.74. The van der Waals surface area contributed by atoms with Crippen molar-refractivity contribution in [2.75, 3.05) is 26.2 Å². The van der Waals surface area contributed by atoms with Crippen LogP contribution in [0.1, 0.15) is 33.6 Å². The van der Waals surface area contributed by atoms with Crippen molar-refractivity contribution >= 4 is 5.91 Å². The molecule has 2 aliphatic rings. The van der Waals surface area contributed by atoms with Crippen LogP contribution in [0.3, 0.4) is 0 Å². The fraction of sp³-hybridized carbons (Fsp3) is 0.929. The first kappa shape index (κ1) is 13.8. The number of nitrogens with zero attached hydrogens (tertiary/aromatic N) is 1. The van der Waals surface area contributed by atoms with Gasteiger partial charge in [0.1, 0.15) is 0 Å². The van der Waals surface area contributed by atoms with Gasteiger partial charge in [-0.05, 0) is 31.2 Å². The van der Waals surface area contributed by atoms with E-state index in [2.05, 4.69) is 26.1 Å². The number of carbonyl (C=O) groups excluding carboxylic acids is 1. The van der Waals surface area contributed by atoms with Crippen molar-refractivity contribution < 1.29 is 9.90 Å². The van der Waals surface area contributed by atoms with Crippen molar-refractivity contribution in [1.29, 1.82) is 0 Å². The Morgan fingerprint density at radius 2 is 2.22 bits per heavy atom. The summed E-state index contributed by atoms with van der Waals surface area (Å²) in [5, 5.41) is 13.3. The third kappa shape index (κ3) is 2.28. The Morgan fingerprint density at radius 3 is 2.72 bits per heavy atom. The first-order valence-corrected chi connectivity index (χ1v) is 7.15. The number of hydrogen-bond acceptors (Lipinski definition) is 3. The summed E-state index contributed by atoms with van der Waals surface area (Å²) in [7, 11) is 0. The molecule has 0 radical (unpaired) electrons. The predicted molar refractivity (Wildman–Crippen MR) is 71.1 cm³/mol. The SMILES string of the molecule is CC1CCN(C(=O)C2(C(C)C)CCNC2)CC1O. The largest absolute Gasteiger partial charge is 0.391 e. The molecule has 0 aliphatic carbocycles. The molecule has 18 heavy (non-hydrogen) atoms. The molecule has 0 aromatic rings. The molecule has 3 unspecified atom stereocenters. The Labute approximate surface area is 110 Å². The van der Waals surface area contributed by atoms with E-state index in [4.69, 9.17) is 0 Å². The van der Waals surface area contributed by atoms with Crippen LogP contribution in [0, 0.1) is 17.3 Å². The van der Waals surface area contributed by atoms with E-state index in [1.807, 2.05) is 4.90 Å². The van der Waals surface area contributed by atoms with E-state index < -0.39 is 0 Å². The normalized spacial score (nSPS) is 37.3. The highest BCUT2D eigenvalue weighted by atomic mass is 16.3. The molecule has 2 rings (SSSR count). The minimum atomic E-state index is -0.360. The van der Waals surface area contributed by atoms with Crippen LogP contribution in [-0.2, 0) is 4.79 Å². The van der Waals surface area contributed by atoms with Gasteiger partial charge in [-0.3, -0.25) is 4.79 Å². The van der Waals surface area contributed by atoms with Gasteiger partial charge in [0.15, 0.2) is 0 Å². The summed E-state index contributed by atoms with van der Waals surface area (Å²) in [5.74, 6) is 0.899. The average molecular weight is 254 g/mol.